The molecule has 2 aromatic rings. The van der Waals surface area contributed by atoms with E-state index in [-0.39, 0.29) is 24.7 Å². The van der Waals surface area contributed by atoms with Crippen LogP contribution < -0.4 is 10.6 Å². The molecule has 2 N–H and O–H groups in total. The first-order valence-corrected chi connectivity index (χ1v) is 10.3. The highest BCUT2D eigenvalue weighted by Crippen LogP contribution is 2.18. The minimum absolute atomic E-state index is 0.111. The predicted octanol–water partition coefficient (Wildman–Crippen LogP) is 4.44. The molecule has 0 saturated carbocycles. The van der Waals surface area contributed by atoms with Crippen molar-refractivity contribution in [2.75, 3.05) is 10.6 Å². The first kappa shape index (κ1) is 21.0. The standard InChI is InChI=1S/C20H28N4O2S/c1-4-5-6-15-7-9-16(10-8-15)21-17(25)11-12-18(26)22-20-24-23-19(27-20)13-14(2)3/h7-10,14H,4-6,11-13H2,1-3H3,(H,21,25)(H,22,24,26). The normalized spacial score (nSPS) is 10.8. The Balaban J connectivity index is 1.73. The smallest absolute Gasteiger partial charge is 0.226 e. The molecule has 2 rings (SSSR count). The number of hydrogen-bond acceptors (Lipinski definition) is 5. The van der Waals surface area contributed by atoms with Gasteiger partial charge in [-0.25, -0.2) is 0 Å². The summed E-state index contributed by atoms with van der Waals surface area (Å²) < 4.78 is 0. The van der Waals surface area contributed by atoms with E-state index in [2.05, 4.69) is 41.6 Å². The van der Waals surface area contributed by atoms with Crippen molar-refractivity contribution in [1.29, 1.82) is 0 Å². The summed E-state index contributed by atoms with van der Waals surface area (Å²) in [6, 6.07) is 7.87. The van der Waals surface area contributed by atoms with Crippen molar-refractivity contribution < 1.29 is 9.59 Å². The van der Waals surface area contributed by atoms with Gasteiger partial charge in [0.25, 0.3) is 0 Å². The Labute approximate surface area is 164 Å². The number of aryl methyl sites for hydroxylation is 1. The van der Waals surface area contributed by atoms with E-state index in [9.17, 15) is 9.59 Å². The van der Waals surface area contributed by atoms with E-state index in [4.69, 9.17) is 0 Å². The summed E-state index contributed by atoms with van der Waals surface area (Å²) in [5, 5.41) is 15.0. The van der Waals surface area contributed by atoms with E-state index in [0.717, 1.165) is 36.4 Å². The molecule has 0 saturated heterocycles. The van der Waals surface area contributed by atoms with E-state index < -0.39 is 0 Å². The molecular formula is C20H28N4O2S. The van der Waals surface area contributed by atoms with Gasteiger partial charge in [0.05, 0.1) is 0 Å². The van der Waals surface area contributed by atoms with Crippen molar-refractivity contribution in [3.8, 4) is 0 Å². The highest BCUT2D eigenvalue weighted by atomic mass is 32.1. The Bertz CT molecular complexity index is 741. The van der Waals surface area contributed by atoms with E-state index in [1.54, 1.807) is 0 Å². The van der Waals surface area contributed by atoms with Gasteiger partial charge in [-0.2, -0.15) is 0 Å². The first-order chi connectivity index (χ1) is 13.0. The molecule has 0 bridgehead atoms. The van der Waals surface area contributed by atoms with Crippen LogP contribution in [0.3, 0.4) is 0 Å². The summed E-state index contributed by atoms with van der Waals surface area (Å²) in [5.74, 6) is 0.0856. The van der Waals surface area contributed by atoms with E-state index >= 15 is 0 Å². The molecule has 1 aromatic carbocycles. The largest absolute Gasteiger partial charge is 0.326 e. The van der Waals surface area contributed by atoms with Crippen LogP contribution >= 0.6 is 11.3 Å². The third kappa shape index (κ3) is 7.86. The van der Waals surface area contributed by atoms with Crippen LogP contribution in [0.5, 0.6) is 0 Å². The van der Waals surface area contributed by atoms with E-state index in [1.807, 2.05) is 24.3 Å². The maximum atomic E-state index is 12.0. The van der Waals surface area contributed by atoms with Gasteiger partial charge in [0, 0.05) is 24.9 Å². The van der Waals surface area contributed by atoms with Gasteiger partial charge in [-0.15, -0.1) is 10.2 Å². The number of anilines is 2. The van der Waals surface area contributed by atoms with Crippen molar-refractivity contribution in [3.05, 3.63) is 34.8 Å². The number of hydrogen-bond donors (Lipinski definition) is 2. The molecule has 0 fully saturated rings. The number of aromatic nitrogens is 2. The third-order valence-electron chi connectivity index (χ3n) is 3.93. The number of unbranched alkanes of at least 4 members (excludes halogenated alkanes) is 1. The zero-order valence-electron chi connectivity index (χ0n) is 16.2. The van der Waals surface area contributed by atoms with Gasteiger partial charge in [-0.3, -0.25) is 9.59 Å². The molecule has 27 heavy (non-hydrogen) atoms. The number of amides is 2. The minimum atomic E-state index is -0.229. The summed E-state index contributed by atoms with van der Waals surface area (Å²) in [6.07, 6.45) is 4.45. The molecule has 7 heteroatoms. The predicted molar refractivity (Wildman–Crippen MR) is 110 cm³/mol. The number of nitrogens with one attached hydrogen (secondary N) is 2. The molecule has 0 atom stereocenters. The lowest BCUT2D eigenvalue weighted by Gasteiger charge is -2.06. The molecule has 0 unspecified atom stereocenters. The molecule has 146 valence electrons. The molecule has 0 spiro atoms. The highest BCUT2D eigenvalue weighted by Gasteiger charge is 2.11. The molecule has 0 aliphatic heterocycles. The lowest BCUT2D eigenvalue weighted by Crippen LogP contribution is -2.17. The fraction of sp³-hybridized carbons (Fsp3) is 0.500. The Morgan fingerprint density at radius 3 is 2.33 bits per heavy atom. The number of carbonyl (C=O) groups excluding carboxylic acids is 2. The average Bonchev–Trinajstić information content (AvgIpc) is 3.05. The zero-order chi connectivity index (χ0) is 19.6. The number of nitrogens with zero attached hydrogens (tertiary/aromatic N) is 2. The summed E-state index contributed by atoms with van der Waals surface area (Å²) in [7, 11) is 0. The molecule has 0 aliphatic carbocycles. The van der Waals surface area contributed by atoms with Crippen LogP contribution in [0.25, 0.3) is 0 Å². The minimum Gasteiger partial charge on any atom is -0.326 e. The van der Waals surface area contributed by atoms with Crippen molar-refractivity contribution >= 4 is 34.0 Å². The van der Waals surface area contributed by atoms with E-state index in [0.29, 0.717) is 11.0 Å². The van der Waals surface area contributed by atoms with Gasteiger partial charge < -0.3 is 10.6 Å². The Morgan fingerprint density at radius 1 is 1.04 bits per heavy atom. The number of rotatable bonds is 10. The molecule has 1 aromatic heterocycles. The number of benzene rings is 1. The molecule has 6 nitrogen and oxygen atoms in total. The van der Waals surface area contributed by atoms with Crippen molar-refractivity contribution in [2.45, 2.75) is 59.3 Å². The summed E-state index contributed by atoms with van der Waals surface area (Å²) in [4.78, 5) is 24.0. The van der Waals surface area contributed by atoms with Crippen molar-refractivity contribution in [2.24, 2.45) is 5.92 Å². The van der Waals surface area contributed by atoms with Gasteiger partial charge in [-0.05, 0) is 36.5 Å². The van der Waals surface area contributed by atoms with Crippen LogP contribution in [0.4, 0.5) is 10.8 Å². The monoisotopic (exact) mass is 388 g/mol. The summed E-state index contributed by atoms with van der Waals surface area (Å²) >= 11 is 1.38. The topological polar surface area (TPSA) is 84.0 Å². The van der Waals surface area contributed by atoms with Crippen LogP contribution in [0.2, 0.25) is 0 Å². The second kappa shape index (κ2) is 10.8. The maximum absolute atomic E-state index is 12.0. The van der Waals surface area contributed by atoms with Crippen LogP contribution in [0.15, 0.2) is 24.3 Å². The second-order valence-corrected chi connectivity index (χ2v) is 8.06. The molecule has 2 amide bonds. The zero-order valence-corrected chi connectivity index (χ0v) is 17.1. The van der Waals surface area contributed by atoms with Gasteiger partial charge in [0.1, 0.15) is 5.01 Å². The average molecular weight is 389 g/mol. The molecule has 0 aliphatic rings. The van der Waals surface area contributed by atoms with Crippen LogP contribution in [-0.4, -0.2) is 22.0 Å². The lowest BCUT2D eigenvalue weighted by atomic mass is 10.1. The van der Waals surface area contributed by atoms with Gasteiger partial charge in [0.2, 0.25) is 16.9 Å². The SMILES string of the molecule is CCCCc1ccc(NC(=O)CCC(=O)Nc2nnc(CC(C)C)s2)cc1. The summed E-state index contributed by atoms with van der Waals surface area (Å²) in [5.41, 5.74) is 2.02. The van der Waals surface area contributed by atoms with Crippen LogP contribution in [0, 0.1) is 5.92 Å². The molecule has 1 heterocycles. The van der Waals surface area contributed by atoms with Gasteiger partial charge in [-0.1, -0.05) is 50.7 Å². The highest BCUT2D eigenvalue weighted by molar-refractivity contribution is 7.15. The van der Waals surface area contributed by atoms with Gasteiger partial charge >= 0.3 is 0 Å². The summed E-state index contributed by atoms with van der Waals surface area (Å²) in [6.45, 7) is 6.38. The Morgan fingerprint density at radius 2 is 1.70 bits per heavy atom. The van der Waals surface area contributed by atoms with E-state index in [1.165, 1.54) is 16.9 Å². The van der Waals surface area contributed by atoms with Crippen LogP contribution in [-0.2, 0) is 22.4 Å². The van der Waals surface area contributed by atoms with Crippen molar-refractivity contribution in [3.63, 3.8) is 0 Å². The fourth-order valence-corrected chi connectivity index (χ4v) is 3.47. The van der Waals surface area contributed by atoms with Gasteiger partial charge in [0.15, 0.2) is 0 Å². The third-order valence-corrected chi connectivity index (χ3v) is 4.79. The number of carbonyl (C=O) groups is 2. The lowest BCUT2D eigenvalue weighted by molar-refractivity contribution is -0.121. The fourth-order valence-electron chi connectivity index (χ4n) is 2.50. The Kier molecular flexibility index (Phi) is 8.39. The van der Waals surface area contributed by atoms with Crippen LogP contribution in [0.1, 0.15) is 57.0 Å². The van der Waals surface area contributed by atoms with Crippen molar-refractivity contribution in [1.82, 2.24) is 10.2 Å². The second-order valence-electron chi connectivity index (χ2n) is 7.00. The molecular weight excluding hydrogens is 360 g/mol. The first-order valence-electron chi connectivity index (χ1n) is 9.47. The maximum Gasteiger partial charge on any atom is 0.226 e. The quantitative estimate of drug-likeness (QED) is 0.630. The Hall–Kier alpha value is -2.28. The molecule has 0 radical (unpaired) electrons.